The minimum absolute atomic E-state index is 0.119. The first-order valence-electron chi connectivity index (χ1n) is 5.33. The van der Waals surface area contributed by atoms with Gasteiger partial charge in [0.05, 0.1) is 12.7 Å². The van der Waals surface area contributed by atoms with E-state index in [-0.39, 0.29) is 5.91 Å². The summed E-state index contributed by atoms with van der Waals surface area (Å²) < 4.78 is 5.87. The Kier molecular flexibility index (Phi) is 4.38. The summed E-state index contributed by atoms with van der Waals surface area (Å²) in [4.78, 5) is 12.0. The van der Waals surface area contributed by atoms with Crippen LogP contribution in [-0.4, -0.2) is 13.0 Å². The van der Waals surface area contributed by atoms with Gasteiger partial charge in [0.25, 0.3) is 5.91 Å². The first-order chi connectivity index (χ1) is 8.70. The van der Waals surface area contributed by atoms with Gasteiger partial charge in [-0.25, -0.2) is 0 Å². The smallest absolute Gasteiger partial charge is 0.252 e. The number of methoxy groups -OCH3 is 1. The molecule has 1 aromatic heterocycles. The molecule has 0 bridgehead atoms. The van der Waals surface area contributed by atoms with Crippen molar-refractivity contribution < 1.29 is 9.53 Å². The third-order valence-corrected chi connectivity index (χ3v) is 3.87. The molecule has 0 saturated heterocycles. The van der Waals surface area contributed by atoms with E-state index in [0.717, 1.165) is 10.0 Å². The van der Waals surface area contributed by atoms with Gasteiger partial charge in [-0.15, -0.1) is 0 Å². The molecule has 1 amide bonds. The lowest BCUT2D eigenvalue weighted by atomic mass is 10.2. The number of benzene rings is 1. The summed E-state index contributed by atoms with van der Waals surface area (Å²) in [6.45, 7) is 0.534. The van der Waals surface area contributed by atoms with Crippen LogP contribution in [0.25, 0.3) is 0 Å². The molecule has 18 heavy (non-hydrogen) atoms. The Morgan fingerprint density at radius 1 is 1.44 bits per heavy atom. The van der Waals surface area contributed by atoms with E-state index in [4.69, 9.17) is 4.74 Å². The predicted octanol–water partition coefficient (Wildman–Crippen LogP) is 3.45. The molecule has 1 heterocycles. The summed E-state index contributed by atoms with van der Waals surface area (Å²) in [7, 11) is 1.58. The number of halogens is 1. The topological polar surface area (TPSA) is 38.3 Å². The number of thiophene rings is 1. The molecule has 1 aromatic carbocycles. The lowest BCUT2D eigenvalue weighted by Gasteiger charge is -2.08. The fraction of sp³-hybridized carbons (Fsp3) is 0.154. The highest BCUT2D eigenvalue weighted by Gasteiger charge is 2.11. The van der Waals surface area contributed by atoms with Crippen molar-refractivity contribution in [2.45, 2.75) is 6.54 Å². The monoisotopic (exact) mass is 325 g/mol. The minimum atomic E-state index is -0.119. The van der Waals surface area contributed by atoms with Crippen molar-refractivity contribution in [2.24, 2.45) is 0 Å². The Bertz CT molecular complexity index is 540. The fourth-order valence-corrected chi connectivity index (χ4v) is 2.57. The van der Waals surface area contributed by atoms with Crippen LogP contribution in [0.5, 0.6) is 5.75 Å². The molecule has 0 aliphatic rings. The molecular weight excluding hydrogens is 314 g/mol. The SMILES string of the molecule is COc1ccc(Br)c(C(=O)NCc2ccsc2)c1. The maximum absolute atomic E-state index is 12.0. The number of carbonyl (C=O) groups is 1. The zero-order valence-corrected chi connectivity index (χ0v) is 12.2. The minimum Gasteiger partial charge on any atom is -0.497 e. The zero-order chi connectivity index (χ0) is 13.0. The van der Waals surface area contributed by atoms with E-state index in [1.54, 1.807) is 36.6 Å². The van der Waals surface area contributed by atoms with Gasteiger partial charge >= 0.3 is 0 Å². The summed E-state index contributed by atoms with van der Waals surface area (Å²) in [6.07, 6.45) is 0. The lowest BCUT2D eigenvalue weighted by molar-refractivity contribution is 0.0950. The quantitative estimate of drug-likeness (QED) is 0.935. The number of amides is 1. The zero-order valence-electron chi connectivity index (χ0n) is 9.77. The standard InChI is InChI=1S/C13H12BrNO2S/c1-17-10-2-3-12(14)11(6-10)13(16)15-7-9-4-5-18-8-9/h2-6,8H,7H2,1H3,(H,15,16). The number of rotatable bonds is 4. The largest absolute Gasteiger partial charge is 0.497 e. The van der Waals surface area contributed by atoms with Crippen molar-refractivity contribution in [3.8, 4) is 5.75 Å². The maximum atomic E-state index is 12.0. The van der Waals surface area contributed by atoms with Crippen LogP contribution in [0, 0.1) is 0 Å². The van der Waals surface area contributed by atoms with Crippen molar-refractivity contribution in [1.29, 1.82) is 0 Å². The van der Waals surface area contributed by atoms with Crippen molar-refractivity contribution in [3.05, 3.63) is 50.6 Å². The summed E-state index contributed by atoms with van der Waals surface area (Å²) in [6, 6.07) is 7.32. The Hall–Kier alpha value is -1.33. The summed E-state index contributed by atoms with van der Waals surface area (Å²) in [5, 5.41) is 6.88. The van der Waals surface area contributed by atoms with Crippen LogP contribution in [-0.2, 0) is 6.54 Å². The molecule has 0 atom stereocenters. The van der Waals surface area contributed by atoms with Gasteiger partial charge in [-0.3, -0.25) is 4.79 Å². The van der Waals surface area contributed by atoms with Crippen LogP contribution in [0.4, 0.5) is 0 Å². The van der Waals surface area contributed by atoms with E-state index >= 15 is 0 Å². The van der Waals surface area contributed by atoms with Crippen molar-refractivity contribution in [2.75, 3.05) is 7.11 Å². The van der Waals surface area contributed by atoms with Crippen LogP contribution in [0.15, 0.2) is 39.5 Å². The van der Waals surface area contributed by atoms with Gasteiger partial charge < -0.3 is 10.1 Å². The number of carbonyl (C=O) groups excluding carboxylic acids is 1. The Morgan fingerprint density at radius 2 is 2.28 bits per heavy atom. The third kappa shape index (κ3) is 3.11. The van der Waals surface area contributed by atoms with Gasteiger partial charge in [0.1, 0.15) is 5.75 Å². The third-order valence-electron chi connectivity index (χ3n) is 2.45. The second-order valence-corrected chi connectivity index (χ2v) is 5.29. The van der Waals surface area contributed by atoms with Crippen molar-refractivity contribution in [3.63, 3.8) is 0 Å². The fourth-order valence-electron chi connectivity index (χ4n) is 1.48. The molecule has 0 aliphatic heterocycles. The van der Waals surface area contributed by atoms with Crippen molar-refractivity contribution >= 4 is 33.2 Å². The Balaban J connectivity index is 2.08. The average Bonchev–Trinajstić information content (AvgIpc) is 2.89. The first kappa shape index (κ1) is 13.1. The highest BCUT2D eigenvalue weighted by Crippen LogP contribution is 2.22. The van der Waals surface area contributed by atoms with E-state index in [1.807, 2.05) is 16.8 Å². The normalized spacial score (nSPS) is 10.1. The van der Waals surface area contributed by atoms with E-state index < -0.39 is 0 Å². The second-order valence-electron chi connectivity index (χ2n) is 3.66. The van der Waals surface area contributed by atoms with Crippen LogP contribution < -0.4 is 10.1 Å². The predicted molar refractivity (Wildman–Crippen MR) is 76.2 cm³/mol. The molecule has 0 aliphatic carbocycles. The molecule has 1 N–H and O–H groups in total. The van der Waals surface area contributed by atoms with Gasteiger partial charge in [0.2, 0.25) is 0 Å². The van der Waals surface area contributed by atoms with Gasteiger partial charge in [-0.2, -0.15) is 11.3 Å². The van der Waals surface area contributed by atoms with E-state index in [2.05, 4.69) is 21.2 Å². The number of ether oxygens (including phenoxy) is 1. The van der Waals surface area contributed by atoms with Crippen LogP contribution in [0.3, 0.4) is 0 Å². The Morgan fingerprint density at radius 3 is 2.94 bits per heavy atom. The highest BCUT2D eigenvalue weighted by molar-refractivity contribution is 9.10. The molecule has 0 fully saturated rings. The van der Waals surface area contributed by atoms with Gasteiger partial charge in [0.15, 0.2) is 0 Å². The number of hydrogen-bond donors (Lipinski definition) is 1. The molecule has 0 radical (unpaired) electrons. The second kappa shape index (κ2) is 6.02. The molecule has 2 aromatic rings. The number of hydrogen-bond acceptors (Lipinski definition) is 3. The summed E-state index contributed by atoms with van der Waals surface area (Å²) >= 11 is 4.98. The van der Waals surface area contributed by atoms with Crippen LogP contribution >= 0.6 is 27.3 Å². The molecule has 3 nitrogen and oxygen atoms in total. The summed E-state index contributed by atoms with van der Waals surface area (Å²) in [5.74, 6) is 0.547. The molecule has 0 spiro atoms. The van der Waals surface area contributed by atoms with Gasteiger partial charge in [0, 0.05) is 11.0 Å². The van der Waals surface area contributed by atoms with Gasteiger partial charge in [-0.1, -0.05) is 0 Å². The van der Waals surface area contributed by atoms with Crippen molar-refractivity contribution in [1.82, 2.24) is 5.32 Å². The number of nitrogens with one attached hydrogen (secondary N) is 1. The lowest BCUT2D eigenvalue weighted by Crippen LogP contribution is -2.22. The highest BCUT2D eigenvalue weighted by atomic mass is 79.9. The van der Waals surface area contributed by atoms with Crippen LogP contribution in [0.1, 0.15) is 15.9 Å². The van der Waals surface area contributed by atoms with Gasteiger partial charge in [-0.05, 0) is 56.5 Å². The molecule has 94 valence electrons. The molecule has 0 unspecified atom stereocenters. The van der Waals surface area contributed by atoms with Crippen LogP contribution in [0.2, 0.25) is 0 Å². The molecule has 0 saturated carbocycles. The molecule has 5 heteroatoms. The Labute approximate surface area is 118 Å². The average molecular weight is 326 g/mol. The van der Waals surface area contributed by atoms with E-state index in [9.17, 15) is 4.79 Å². The first-order valence-corrected chi connectivity index (χ1v) is 7.07. The molecule has 2 rings (SSSR count). The van der Waals surface area contributed by atoms with E-state index in [0.29, 0.717) is 17.9 Å². The molecular formula is C13H12BrNO2S. The maximum Gasteiger partial charge on any atom is 0.252 e. The van der Waals surface area contributed by atoms with E-state index in [1.165, 1.54) is 0 Å². The summed E-state index contributed by atoms with van der Waals surface area (Å²) in [5.41, 5.74) is 1.68.